The summed E-state index contributed by atoms with van der Waals surface area (Å²) >= 11 is 0. The summed E-state index contributed by atoms with van der Waals surface area (Å²) < 4.78 is 5.40. The molecule has 17 heavy (non-hydrogen) atoms. The van der Waals surface area contributed by atoms with Crippen LogP contribution in [-0.2, 0) is 5.41 Å². The van der Waals surface area contributed by atoms with Crippen molar-refractivity contribution in [2.75, 3.05) is 7.11 Å². The molecule has 0 bridgehead atoms. The summed E-state index contributed by atoms with van der Waals surface area (Å²) in [5, 5.41) is 9.56. The van der Waals surface area contributed by atoms with Gasteiger partial charge in [0.1, 0.15) is 5.75 Å². The number of methoxy groups -OCH3 is 1. The minimum atomic E-state index is -0.285. The third kappa shape index (κ3) is 1.38. The Morgan fingerprint density at radius 3 is 2.47 bits per heavy atom. The molecule has 0 heterocycles. The summed E-state index contributed by atoms with van der Waals surface area (Å²) in [7, 11) is 1.68. The summed E-state index contributed by atoms with van der Waals surface area (Å²) in [5.41, 5.74) is 1.30. The summed E-state index contributed by atoms with van der Waals surface area (Å²) in [6.07, 6.45) is 6.01. The molecule has 0 N–H and O–H groups in total. The topological polar surface area (TPSA) is 33.0 Å². The molecular formula is C15H17NO. The largest absolute Gasteiger partial charge is 0.496 e. The second kappa shape index (κ2) is 3.50. The lowest BCUT2D eigenvalue weighted by molar-refractivity contribution is -0.0234. The van der Waals surface area contributed by atoms with Crippen LogP contribution in [0.2, 0.25) is 0 Å². The Hall–Kier alpha value is -1.49. The third-order valence-electron chi connectivity index (χ3n) is 4.60. The van der Waals surface area contributed by atoms with Crippen LogP contribution in [0.1, 0.15) is 37.7 Å². The molecule has 2 heteroatoms. The Kier molecular flexibility index (Phi) is 2.19. The van der Waals surface area contributed by atoms with Crippen LogP contribution in [-0.4, -0.2) is 7.11 Å². The van der Waals surface area contributed by atoms with Gasteiger partial charge in [-0.05, 0) is 37.2 Å². The van der Waals surface area contributed by atoms with Crippen molar-refractivity contribution in [1.82, 2.24) is 0 Å². The number of rotatable bonds is 2. The molecule has 3 rings (SSSR count). The first kappa shape index (κ1) is 10.7. The molecule has 1 aromatic rings. The van der Waals surface area contributed by atoms with Gasteiger partial charge in [-0.2, -0.15) is 5.26 Å². The van der Waals surface area contributed by atoms with Crippen molar-refractivity contribution in [1.29, 1.82) is 5.26 Å². The SMILES string of the molecule is COc1ccccc1C1(C#N)CC2(CCC2)C1. The van der Waals surface area contributed by atoms with Crippen molar-refractivity contribution < 1.29 is 4.74 Å². The van der Waals surface area contributed by atoms with E-state index in [0.717, 1.165) is 24.2 Å². The number of ether oxygens (including phenoxy) is 1. The summed E-state index contributed by atoms with van der Waals surface area (Å²) in [5.74, 6) is 0.864. The zero-order chi connectivity index (χ0) is 11.9. The maximum Gasteiger partial charge on any atom is 0.123 e. The molecule has 2 saturated carbocycles. The third-order valence-corrected chi connectivity index (χ3v) is 4.60. The van der Waals surface area contributed by atoms with Crippen molar-refractivity contribution in [3.63, 3.8) is 0 Å². The molecule has 2 aliphatic carbocycles. The van der Waals surface area contributed by atoms with E-state index >= 15 is 0 Å². The lowest BCUT2D eigenvalue weighted by Gasteiger charge is -2.58. The van der Waals surface area contributed by atoms with Crippen molar-refractivity contribution in [3.8, 4) is 11.8 Å². The molecule has 2 aliphatic rings. The first-order valence-corrected chi connectivity index (χ1v) is 6.28. The molecule has 2 nitrogen and oxygen atoms in total. The van der Waals surface area contributed by atoms with E-state index in [-0.39, 0.29) is 5.41 Å². The molecule has 0 unspecified atom stereocenters. The van der Waals surface area contributed by atoms with Crippen LogP contribution in [0.3, 0.4) is 0 Å². The molecule has 2 fully saturated rings. The Morgan fingerprint density at radius 2 is 1.94 bits per heavy atom. The van der Waals surface area contributed by atoms with Gasteiger partial charge in [0.25, 0.3) is 0 Å². The maximum absolute atomic E-state index is 9.56. The number of benzene rings is 1. The standard InChI is InChI=1S/C15H17NO/c1-17-13-6-3-2-5-12(13)15(11-16)9-14(10-15)7-4-8-14/h2-3,5-6H,4,7-10H2,1H3. The van der Waals surface area contributed by atoms with Gasteiger partial charge in [0.15, 0.2) is 0 Å². The minimum Gasteiger partial charge on any atom is -0.496 e. The Labute approximate surface area is 102 Å². The first-order chi connectivity index (χ1) is 8.24. The van der Waals surface area contributed by atoms with E-state index < -0.39 is 0 Å². The van der Waals surface area contributed by atoms with E-state index in [1.165, 1.54) is 19.3 Å². The van der Waals surface area contributed by atoms with Gasteiger partial charge in [-0.15, -0.1) is 0 Å². The first-order valence-electron chi connectivity index (χ1n) is 6.28. The van der Waals surface area contributed by atoms with Crippen LogP contribution in [0, 0.1) is 16.7 Å². The maximum atomic E-state index is 9.56. The highest BCUT2D eigenvalue weighted by atomic mass is 16.5. The van der Waals surface area contributed by atoms with E-state index in [9.17, 15) is 5.26 Å². The fourth-order valence-electron chi connectivity index (χ4n) is 3.63. The van der Waals surface area contributed by atoms with Crippen molar-refractivity contribution in [3.05, 3.63) is 29.8 Å². The van der Waals surface area contributed by atoms with Gasteiger partial charge >= 0.3 is 0 Å². The van der Waals surface area contributed by atoms with Crippen LogP contribution in [0.4, 0.5) is 0 Å². The van der Waals surface area contributed by atoms with Gasteiger partial charge in [0, 0.05) is 5.56 Å². The molecule has 0 atom stereocenters. The zero-order valence-corrected chi connectivity index (χ0v) is 10.2. The van der Waals surface area contributed by atoms with E-state index in [4.69, 9.17) is 4.74 Å². The molecule has 0 aliphatic heterocycles. The Bertz CT molecular complexity index is 474. The van der Waals surface area contributed by atoms with Crippen LogP contribution in [0.25, 0.3) is 0 Å². The van der Waals surface area contributed by atoms with Crippen molar-refractivity contribution in [2.45, 2.75) is 37.5 Å². The van der Waals surface area contributed by atoms with Gasteiger partial charge in [0.2, 0.25) is 0 Å². The zero-order valence-electron chi connectivity index (χ0n) is 10.2. The number of nitrogens with zero attached hydrogens (tertiary/aromatic N) is 1. The summed E-state index contributed by atoms with van der Waals surface area (Å²) in [4.78, 5) is 0. The van der Waals surface area contributed by atoms with Gasteiger partial charge < -0.3 is 4.74 Å². The smallest absolute Gasteiger partial charge is 0.123 e. The minimum absolute atomic E-state index is 0.285. The van der Waals surface area contributed by atoms with Crippen LogP contribution in [0.5, 0.6) is 5.75 Å². The molecule has 0 saturated heterocycles. The van der Waals surface area contributed by atoms with Gasteiger partial charge in [-0.1, -0.05) is 24.6 Å². The van der Waals surface area contributed by atoms with E-state index in [1.807, 2.05) is 24.3 Å². The number of hydrogen-bond donors (Lipinski definition) is 0. The van der Waals surface area contributed by atoms with Crippen LogP contribution >= 0.6 is 0 Å². The van der Waals surface area contributed by atoms with Gasteiger partial charge in [-0.25, -0.2) is 0 Å². The van der Waals surface area contributed by atoms with E-state index in [1.54, 1.807) is 7.11 Å². The second-order valence-electron chi connectivity index (χ2n) is 5.60. The monoisotopic (exact) mass is 227 g/mol. The predicted molar refractivity (Wildman–Crippen MR) is 65.8 cm³/mol. The fraction of sp³-hybridized carbons (Fsp3) is 0.533. The molecule has 1 aromatic carbocycles. The summed E-state index contributed by atoms with van der Waals surface area (Å²) in [6, 6.07) is 10.5. The van der Waals surface area contributed by atoms with Crippen LogP contribution < -0.4 is 4.74 Å². The Balaban J connectivity index is 1.94. The van der Waals surface area contributed by atoms with E-state index in [0.29, 0.717) is 5.41 Å². The van der Waals surface area contributed by atoms with Crippen molar-refractivity contribution in [2.24, 2.45) is 5.41 Å². The lowest BCUT2D eigenvalue weighted by atomic mass is 9.44. The molecule has 0 aromatic heterocycles. The average Bonchev–Trinajstić information content (AvgIpc) is 2.27. The normalized spacial score (nSPS) is 23.3. The highest BCUT2D eigenvalue weighted by Crippen LogP contribution is 2.65. The Morgan fingerprint density at radius 1 is 1.24 bits per heavy atom. The molecule has 0 radical (unpaired) electrons. The predicted octanol–water partition coefficient (Wildman–Crippen LogP) is 3.42. The number of nitriles is 1. The lowest BCUT2D eigenvalue weighted by Crippen LogP contribution is -2.52. The van der Waals surface area contributed by atoms with Gasteiger partial charge in [-0.3, -0.25) is 0 Å². The number of para-hydroxylation sites is 1. The quantitative estimate of drug-likeness (QED) is 0.775. The molecule has 0 amide bonds. The molecule has 88 valence electrons. The highest BCUT2D eigenvalue weighted by molar-refractivity contribution is 5.47. The fourth-order valence-corrected chi connectivity index (χ4v) is 3.63. The average molecular weight is 227 g/mol. The summed E-state index contributed by atoms with van der Waals surface area (Å²) in [6.45, 7) is 0. The van der Waals surface area contributed by atoms with Crippen LogP contribution in [0.15, 0.2) is 24.3 Å². The molecular weight excluding hydrogens is 210 g/mol. The van der Waals surface area contributed by atoms with Crippen molar-refractivity contribution >= 4 is 0 Å². The van der Waals surface area contributed by atoms with E-state index in [2.05, 4.69) is 6.07 Å². The highest BCUT2D eigenvalue weighted by Gasteiger charge is 2.58. The molecule has 1 spiro atoms. The van der Waals surface area contributed by atoms with Gasteiger partial charge in [0.05, 0.1) is 18.6 Å². The number of hydrogen-bond acceptors (Lipinski definition) is 2. The second-order valence-corrected chi connectivity index (χ2v) is 5.60.